The third kappa shape index (κ3) is 7.08. The van der Waals surface area contributed by atoms with Crippen LogP contribution in [0.4, 0.5) is 11.4 Å². The minimum atomic E-state index is 0. The Bertz CT molecular complexity index is 854. The van der Waals surface area contributed by atoms with Crippen LogP contribution in [0, 0.1) is 0 Å². The van der Waals surface area contributed by atoms with Crippen molar-refractivity contribution >= 4 is 33.2 Å². The van der Waals surface area contributed by atoms with Gasteiger partial charge in [-0.1, -0.05) is 24.3 Å². The van der Waals surface area contributed by atoms with Crippen molar-refractivity contribution in [2.45, 2.75) is 0 Å². The van der Waals surface area contributed by atoms with Crippen LogP contribution in [0.1, 0.15) is 0 Å². The van der Waals surface area contributed by atoms with Crippen molar-refractivity contribution in [1.29, 1.82) is 0 Å². The van der Waals surface area contributed by atoms with Gasteiger partial charge in [0.2, 0.25) is 11.0 Å². The van der Waals surface area contributed by atoms with Gasteiger partial charge >= 0.3 is 0 Å². The summed E-state index contributed by atoms with van der Waals surface area (Å²) in [6.07, 6.45) is 3.69. The molecule has 0 spiro atoms. The van der Waals surface area contributed by atoms with Gasteiger partial charge in [0.15, 0.2) is 12.4 Å². The summed E-state index contributed by atoms with van der Waals surface area (Å²) < 4.78 is 0. The Morgan fingerprint density at radius 2 is 0.852 bits per heavy atom. The summed E-state index contributed by atoms with van der Waals surface area (Å²) in [6.45, 7) is 0. The predicted molar refractivity (Wildman–Crippen MR) is 101 cm³/mol. The summed E-state index contributed by atoms with van der Waals surface area (Å²) >= 11 is 0. The summed E-state index contributed by atoms with van der Waals surface area (Å²) in [5.74, 6) is 0. The Balaban J connectivity index is -0.000000360. The predicted octanol–water partition coefficient (Wildman–Crippen LogP) is -5.99. The van der Waals surface area contributed by atoms with Gasteiger partial charge in [-0.3, -0.25) is 0 Å². The number of fused-ring (bicyclic) bond motifs is 2. The number of nitrogens with two attached hydrogens (primary N) is 2. The van der Waals surface area contributed by atoms with E-state index in [1.165, 1.54) is 0 Å². The number of halogens is 2. The first-order chi connectivity index (χ1) is 10.8. The lowest BCUT2D eigenvalue weighted by Gasteiger charge is -1.93. The molecular weight excluding hydrogens is 480 g/mol. The smallest absolute Gasteiger partial charge is 0.212 e. The number of rotatable bonds is 0. The number of hydrogen-bond donors (Lipinski definition) is 2. The SMILES string of the molecule is Nc1cc[nH+]c2ccccc12.Nc1cc[nH+]c2ccccc12.O.O.O.[Br-].[Br-]. The summed E-state index contributed by atoms with van der Waals surface area (Å²) in [4.78, 5) is 6.22. The molecule has 0 unspecified atom stereocenters. The van der Waals surface area contributed by atoms with Crippen LogP contribution >= 0.6 is 0 Å². The molecule has 7 nitrogen and oxygen atoms in total. The first-order valence-electron chi connectivity index (χ1n) is 7.05. The molecule has 0 radical (unpaired) electrons. The number of aromatic amines is 2. The van der Waals surface area contributed by atoms with E-state index < -0.39 is 0 Å². The van der Waals surface area contributed by atoms with Crippen molar-refractivity contribution in [3.8, 4) is 0 Å². The minimum absolute atomic E-state index is 0. The van der Waals surface area contributed by atoms with Gasteiger partial charge in [0.05, 0.1) is 22.1 Å². The van der Waals surface area contributed by atoms with Crippen LogP contribution in [0.5, 0.6) is 0 Å². The molecule has 4 aromatic rings. The van der Waals surface area contributed by atoms with Crippen molar-refractivity contribution in [2.75, 3.05) is 11.5 Å². The molecular formula is C18H24Br2N4O3. The maximum absolute atomic E-state index is 5.74. The lowest BCUT2D eigenvalue weighted by atomic mass is 10.2. The number of pyridine rings is 2. The Labute approximate surface area is 177 Å². The Morgan fingerprint density at radius 1 is 0.519 bits per heavy atom. The molecule has 4 rings (SSSR count). The number of benzene rings is 2. The number of nitrogen functional groups attached to an aromatic ring is 2. The Morgan fingerprint density at radius 3 is 1.19 bits per heavy atom. The van der Waals surface area contributed by atoms with E-state index in [4.69, 9.17) is 11.5 Å². The van der Waals surface area contributed by atoms with Gasteiger partial charge in [0.25, 0.3) is 0 Å². The molecule has 0 amide bonds. The van der Waals surface area contributed by atoms with Crippen LogP contribution in [-0.2, 0) is 0 Å². The second kappa shape index (κ2) is 13.8. The van der Waals surface area contributed by atoms with Gasteiger partial charge in [-0.15, -0.1) is 0 Å². The summed E-state index contributed by atoms with van der Waals surface area (Å²) in [5.41, 5.74) is 15.3. The normalized spacial score (nSPS) is 8.30. The van der Waals surface area contributed by atoms with Crippen molar-refractivity contribution in [1.82, 2.24) is 0 Å². The second-order valence-electron chi connectivity index (χ2n) is 4.96. The monoisotopic (exact) mass is 502 g/mol. The average molecular weight is 504 g/mol. The molecule has 0 fully saturated rings. The van der Waals surface area contributed by atoms with Crippen LogP contribution in [0.15, 0.2) is 73.1 Å². The highest BCUT2D eigenvalue weighted by Crippen LogP contribution is 2.15. The molecule has 0 saturated heterocycles. The maximum Gasteiger partial charge on any atom is 0.212 e. The molecule has 9 heteroatoms. The van der Waals surface area contributed by atoms with E-state index in [0.717, 1.165) is 33.2 Å². The fourth-order valence-corrected chi connectivity index (χ4v) is 2.34. The van der Waals surface area contributed by atoms with E-state index in [2.05, 4.69) is 9.97 Å². The zero-order valence-corrected chi connectivity index (χ0v) is 17.5. The first kappa shape index (κ1) is 29.5. The number of nitrogens with one attached hydrogen (secondary N) is 2. The molecule has 2 aromatic heterocycles. The molecule has 12 N–H and O–H groups in total. The zero-order valence-electron chi connectivity index (χ0n) is 14.3. The highest BCUT2D eigenvalue weighted by molar-refractivity contribution is 5.87. The molecule has 27 heavy (non-hydrogen) atoms. The molecule has 0 saturated carbocycles. The summed E-state index contributed by atoms with van der Waals surface area (Å²) in [6, 6.07) is 19.7. The van der Waals surface area contributed by atoms with Crippen LogP contribution in [-0.4, -0.2) is 16.4 Å². The fourth-order valence-electron chi connectivity index (χ4n) is 2.34. The van der Waals surface area contributed by atoms with Gasteiger partial charge in [-0.2, -0.15) is 0 Å². The average Bonchev–Trinajstić information content (AvgIpc) is 2.57. The maximum atomic E-state index is 5.74. The fraction of sp³-hybridized carbons (Fsp3) is 0. The minimum Gasteiger partial charge on any atom is -1.00 e. The van der Waals surface area contributed by atoms with Crippen LogP contribution < -0.4 is 55.4 Å². The van der Waals surface area contributed by atoms with Crippen molar-refractivity contribution in [3.63, 3.8) is 0 Å². The van der Waals surface area contributed by atoms with E-state index >= 15 is 0 Å². The van der Waals surface area contributed by atoms with Gasteiger partial charge < -0.3 is 61.9 Å². The lowest BCUT2D eigenvalue weighted by Crippen LogP contribution is -3.00. The van der Waals surface area contributed by atoms with Crippen molar-refractivity contribution in [3.05, 3.63) is 73.1 Å². The molecule has 0 bridgehead atoms. The number of para-hydroxylation sites is 2. The van der Waals surface area contributed by atoms with Gasteiger partial charge in [0.1, 0.15) is 0 Å². The van der Waals surface area contributed by atoms with Crippen molar-refractivity contribution < 1.29 is 60.4 Å². The summed E-state index contributed by atoms with van der Waals surface area (Å²) in [5, 5.41) is 2.16. The Hall–Kier alpha value is -2.30. The molecule has 0 atom stereocenters. The van der Waals surface area contributed by atoms with E-state index in [-0.39, 0.29) is 50.4 Å². The highest BCUT2D eigenvalue weighted by atomic mass is 79.9. The number of H-pyrrole nitrogens is 2. The number of aromatic nitrogens is 2. The molecule has 2 heterocycles. The first-order valence-corrected chi connectivity index (χ1v) is 7.05. The molecule has 0 aliphatic heterocycles. The van der Waals surface area contributed by atoms with E-state index in [1.54, 1.807) is 0 Å². The van der Waals surface area contributed by atoms with Gasteiger partial charge in [0, 0.05) is 24.3 Å². The topological polar surface area (TPSA) is 175 Å². The molecule has 0 aliphatic carbocycles. The lowest BCUT2D eigenvalue weighted by molar-refractivity contribution is -0.344. The number of anilines is 2. The van der Waals surface area contributed by atoms with E-state index in [9.17, 15) is 0 Å². The highest BCUT2D eigenvalue weighted by Gasteiger charge is 2.00. The standard InChI is InChI=1S/2C9H8N2.2BrH.3H2O/c2*10-8-5-6-11-9-4-2-1-3-7(8)9;;;;;/h2*1-6H,(H2,10,11);2*1H;3*1H2. The largest absolute Gasteiger partial charge is 1.00 e. The second-order valence-corrected chi connectivity index (χ2v) is 4.96. The summed E-state index contributed by atoms with van der Waals surface area (Å²) in [7, 11) is 0. The van der Waals surface area contributed by atoms with Gasteiger partial charge in [-0.05, 0) is 12.1 Å². The molecule has 148 valence electrons. The van der Waals surface area contributed by atoms with Crippen LogP contribution in [0.25, 0.3) is 21.8 Å². The van der Waals surface area contributed by atoms with Crippen LogP contribution in [0.2, 0.25) is 0 Å². The van der Waals surface area contributed by atoms with Crippen LogP contribution in [0.3, 0.4) is 0 Å². The number of hydrogen-bond acceptors (Lipinski definition) is 2. The van der Waals surface area contributed by atoms with E-state index in [0.29, 0.717) is 0 Å². The zero-order chi connectivity index (χ0) is 15.4. The molecule has 0 aliphatic rings. The third-order valence-electron chi connectivity index (χ3n) is 3.48. The Kier molecular flexibility index (Phi) is 15.1. The quantitative estimate of drug-likeness (QED) is 0.243. The van der Waals surface area contributed by atoms with E-state index in [1.807, 2.05) is 73.1 Å². The molecule has 2 aromatic carbocycles. The van der Waals surface area contributed by atoms with Gasteiger partial charge in [-0.25, -0.2) is 9.97 Å². The van der Waals surface area contributed by atoms with Crippen molar-refractivity contribution in [2.24, 2.45) is 0 Å². The third-order valence-corrected chi connectivity index (χ3v) is 3.48.